The van der Waals surface area contributed by atoms with Crippen molar-refractivity contribution in [1.82, 2.24) is 4.90 Å². The third kappa shape index (κ3) is 7.49. The molecule has 0 aromatic heterocycles. The molecule has 1 aliphatic carbocycles. The van der Waals surface area contributed by atoms with Crippen LogP contribution in [0.1, 0.15) is 71.1 Å². The molecule has 0 atom stereocenters. The van der Waals surface area contributed by atoms with Crippen LogP contribution in [0.25, 0.3) is 0 Å². The number of nitrogens with zero attached hydrogens (tertiary/aromatic N) is 1. The fourth-order valence-electron chi connectivity index (χ4n) is 3.01. The second-order valence-corrected chi connectivity index (χ2v) is 6.12. The normalized spacial score (nSPS) is 15.7. The van der Waals surface area contributed by atoms with Gasteiger partial charge in [-0.05, 0) is 25.2 Å². The molecule has 21 heavy (non-hydrogen) atoms. The molecular formula is C17H31NO3. The fraction of sp³-hybridized carbons (Fsp3) is 0.882. The van der Waals surface area contributed by atoms with Gasteiger partial charge in [-0.2, -0.15) is 0 Å². The monoisotopic (exact) mass is 297 g/mol. The van der Waals surface area contributed by atoms with Gasteiger partial charge in [0.05, 0.1) is 13.5 Å². The Morgan fingerprint density at radius 3 is 2.43 bits per heavy atom. The molecule has 1 amide bonds. The van der Waals surface area contributed by atoms with E-state index in [9.17, 15) is 9.59 Å². The molecule has 0 radical (unpaired) electrons. The first-order valence-electron chi connectivity index (χ1n) is 8.52. The molecule has 1 rings (SSSR count). The van der Waals surface area contributed by atoms with Crippen molar-refractivity contribution >= 4 is 11.9 Å². The van der Waals surface area contributed by atoms with Gasteiger partial charge in [-0.1, -0.05) is 39.0 Å². The average molecular weight is 297 g/mol. The van der Waals surface area contributed by atoms with E-state index >= 15 is 0 Å². The van der Waals surface area contributed by atoms with Gasteiger partial charge in [-0.3, -0.25) is 9.59 Å². The highest BCUT2D eigenvalue weighted by Gasteiger charge is 2.21. The van der Waals surface area contributed by atoms with Crippen LogP contribution in [0, 0.1) is 5.92 Å². The minimum absolute atomic E-state index is 0.224. The molecule has 0 aliphatic heterocycles. The van der Waals surface area contributed by atoms with Crippen molar-refractivity contribution < 1.29 is 14.3 Å². The average Bonchev–Trinajstić information content (AvgIpc) is 2.51. The summed E-state index contributed by atoms with van der Waals surface area (Å²) >= 11 is 0. The molecule has 122 valence electrons. The molecule has 0 N–H and O–H groups in total. The highest BCUT2D eigenvalue weighted by Crippen LogP contribution is 2.26. The number of carbonyl (C=O) groups excluding carboxylic acids is 2. The van der Waals surface area contributed by atoms with Crippen LogP contribution in [0.3, 0.4) is 0 Å². The van der Waals surface area contributed by atoms with E-state index in [4.69, 9.17) is 0 Å². The summed E-state index contributed by atoms with van der Waals surface area (Å²) in [5, 5.41) is 0. The molecule has 4 heteroatoms. The molecule has 0 spiro atoms. The minimum atomic E-state index is -0.235. The molecule has 1 aliphatic rings. The van der Waals surface area contributed by atoms with Gasteiger partial charge in [0.1, 0.15) is 0 Å². The van der Waals surface area contributed by atoms with E-state index in [1.807, 2.05) is 4.90 Å². The molecule has 0 heterocycles. The molecule has 0 aromatic carbocycles. The van der Waals surface area contributed by atoms with Crippen LogP contribution >= 0.6 is 0 Å². The number of unbranched alkanes of at least 4 members (excludes halogenated alkanes) is 2. The summed E-state index contributed by atoms with van der Waals surface area (Å²) in [6, 6.07) is 0. The van der Waals surface area contributed by atoms with E-state index in [0.29, 0.717) is 25.3 Å². The molecule has 0 saturated heterocycles. The fourth-order valence-corrected chi connectivity index (χ4v) is 3.01. The Kier molecular flexibility index (Phi) is 9.11. The van der Waals surface area contributed by atoms with E-state index in [1.54, 1.807) is 0 Å². The van der Waals surface area contributed by atoms with Crippen molar-refractivity contribution in [2.45, 2.75) is 71.1 Å². The lowest BCUT2D eigenvalue weighted by Gasteiger charge is -2.26. The van der Waals surface area contributed by atoms with Crippen molar-refractivity contribution in [3.63, 3.8) is 0 Å². The van der Waals surface area contributed by atoms with Crippen molar-refractivity contribution in [2.75, 3.05) is 20.2 Å². The van der Waals surface area contributed by atoms with Crippen LogP contribution in [-0.4, -0.2) is 37.0 Å². The molecular weight excluding hydrogens is 266 g/mol. The summed E-state index contributed by atoms with van der Waals surface area (Å²) < 4.78 is 4.68. The van der Waals surface area contributed by atoms with Crippen LogP contribution in [0.15, 0.2) is 0 Å². The molecule has 1 saturated carbocycles. The lowest BCUT2D eigenvalue weighted by molar-refractivity contribution is -0.142. The van der Waals surface area contributed by atoms with Crippen molar-refractivity contribution in [2.24, 2.45) is 5.92 Å². The predicted octanol–water partition coefficient (Wildman–Crippen LogP) is 3.54. The Hall–Kier alpha value is -1.06. The number of hydrogen-bond acceptors (Lipinski definition) is 3. The first-order valence-corrected chi connectivity index (χ1v) is 8.52. The Bertz CT molecular complexity index is 311. The zero-order valence-corrected chi connectivity index (χ0v) is 13.7. The SMILES string of the molecule is CCCCCN(CCC(=O)OC)C(=O)CC1CCCCC1. The number of amides is 1. The Balaban J connectivity index is 2.43. The minimum Gasteiger partial charge on any atom is -0.469 e. The predicted molar refractivity (Wildman–Crippen MR) is 83.9 cm³/mol. The second-order valence-electron chi connectivity index (χ2n) is 6.12. The number of ether oxygens (including phenoxy) is 1. The van der Waals surface area contributed by atoms with E-state index < -0.39 is 0 Å². The van der Waals surface area contributed by atoms with E-state index in [0.717, 1.165) is 25.8 Å². The first-order chi connectivity index (χ1) is 10.2. The quantitative estimate of drug-likeness (QED) is 0.483. The zero-order valence-electron chi connectivity index (χ0n) is 13.7. The molecule has 0 aromatic rings. The molecule has 4 nitrogen and oxygen atoms in total. The number of hydrogen-bond donors (Lipinski definition) is 0. The Morgan fingerprint density at radius 2 is 1.81 bits per heavy atom. The molecule has 0 unspecified atom stereocenters. The van der Waals surface area contributed by atoms with Crippen molar-refractivity contribution in [3.8, 4) is 0 Å². The number of rotatable bonds is 9. The van der Waals surface area contributed by atoms with Gasteiger partial charge >= 0.3 is 5.97 Å². The second kappa shape index (κ2) is 10.6. The summed E-state index contributed by atoms with van der Waals surface area (Å²) in [4.78, 5) is 25.7. The number of methoxy groups -OCH3 is 1. The lowest BCUT2D eigenvalue weighted by atomic mass is 9.86. The summed E-state index contributed by atoms with van der Waals surface area (Å²) in [5.41, 5.74) is 0. The highest BCUT2D eigenvalue weighted by atomic mass is 16.5. The largest absolute Gasteiger partial charge is 0.469 e. The molecule has 0 bridgehead atoms. The standard InChI is InChI=1S/C17H31NO3/c1-3-4-8-12-18(13-11-17(20)21-2)16(19)14-15-9-6-5-7-10-15/h15H,3-14H2,1-2H3. The van der Waals surface area contributed by atoms with Crippen LogP contribution in [-0.2, 0) is 14.3 Å². The number of esters is 1. The van der Waals surface area contributed by atoms with Crippen LogP contribution in [0.2, 0.25) is 0 Å². The van der Waals surface area contributed by atoms with Gasteiger partial charge in [-0.25, -0.2) is 0 Å². The maximum absolute atomic E-state index is 12.5. The summed E-state index contributed by atoms with van der Waals surface area (Å²) in [6.45, 7) is 3.43. The van der Waals surface area contributed by atoms with E-state index in [-0.39, 0.29) is 11.9 Å². The van der Waals surface area contributed by atoms with Gasteiger partial charge in [0.2, 0.25) is 5.91 Å². The van der Waals surface area contributed by atoms with E-state index in [1.165, 1.54) is 39.2 Å². The van der Waals surface area contributed by atoms with Crippen LogP contribution in [0.4, 0.5) is 0 Å². The summed E-state index contributed by atoms with van der Waals surface area (Å²) in [7, 11) is 1.40. The third-order valence-electron chi connectivity index (χ3n) is 4.39. The maximum atomic E-state index is 12.5. The number of carbonyl (C=O) groups is 2. The first kappa shape index (κ1) is 18.0. The van der Waals surface area contributed by atoms with Gasteiger partial charge in [0, 0.05) is 19.5 Å². The third-order valence-corrected chi connectivity index (χ3v) is 4.39. The van der Waals surface area contributed by atoms with Crippen molar-refractivity contribution in [3.05, 3.63) is 0 Å². The summed E-state index contributed by atoms with van der Waals surface area (Å²) in [5.74, 6) is 0.543. The topological polar surface area (TPSA) is 46.6 Å². The van der Waals surface area contributed by atoms with Gasteiger partial charge in [-0.15, -0.1) is 0 Å². The van der Waals surface area contributed by atoms with Gasteiger partial charge in [0.15, 0.2) is 0 Å². The maximum Gasteiger partial charge on any atom is 0.307 e. The smallest absolute Gasteiger partial charge is 0.307 e. The Morgan fingerprint density at radius 1 is 1.10 bits per heavy atom. The van der Waals surface area contributed by atoms with Crippen LogP contribution in [0.5, 0.6) is 0 Å². The van der Waals surface area contributed by atoms with E-state index in [2.05, 4.69) is 11.7 Å². The van der Waals surface area contributed by atoms with Crippen molar-refractivity contribution in [1.29, 1.82) is 0 Å². The van der Waals surface area contributed by atoms with Crippen LogP contribution < -0.4 is 0 Å². The Labute approximate surface area is 129 Å². The lowest BCUT2D eigenvalue weighted by Crippen LogP contribution is -2.35. The van der Waals surface area contributed by atoms with Gasteiger partial charge < -0.3 is 9.64 Å². The van der Waals surface area contributed by atoms with Gasteiger partial charge in [0.25, 0.3) is 0 Å². The summed E-state index contributed by atoms with van der Waals surface area (Å²) in [6.07, 6.45) is 10.5. The highest BCUT2D eigenvalue weighted by molar-refractivity contribution is 5.77. The molecule has 1 fully saturated rings. The zero-order chi connectivity index (χ0) is 15.5.